The number of aromatic nitrogens is 1. The first-order valence-electron chi connectivity index (χ1n) is 7.91. The minimum absolute atomic E-state index is 0.233. The van der Waals surface area contributed by atoms with Crippen LogP contribution in [0.2, 0.25) is 0 Å². The van der Waals surface area contributed by atoms with Crippen LogP contribution in [0.25, 0.3) is 0 Å². The molecule has 0 aliphatic rings. The van der Waals surface area contributed by atoms with Crippen LogP contribution in [0, 0.1) is 0 Å². The number of hydrogen-bond donors (Lipinski definition) is 2. The van der Waals surface area contributed by atoms with Gasteiger partial charge < -0.3 is 10.1 Å². The highest BCUT2D eigenvalue weighted by molar-refractivity contribution is 7.94. The van der Waals surface area contributed by atoms with Gasteiger partial charge in [0.1, 0.15) is 4.21 Å². The number of amides is 1. The number of hydrogen-bond acceptors (Lipinski definition) is 6. The largest absolute Gasteiger partial charge is 0.481 e. The van der Waals surface area contributed by atoms with Crippen LogP contribution in [-0.2, 0) is 16.6 Å². The monoisotopic (exact) mass is 403 g/mol. The summed E-state index contributed by atoms with van der Waals surface area (Å²) in [5.74, 6) is 0.211. The highest BCUT2D eigenvalue weighted by atomic mass is 32.2. The van der Waals surface area contributed by atoms with Gasteiger partial charge in [-0.05, 0) is 47.3 Å². The fourth-order valence-corrected chi connectivity index (χ4v) is 4.32. The third-order valence-corrected chi connectivity index (χ3v) is 6.40. The van der Waals surface area contributed by atoms with Crippen molar-refractivity contribution in [3.8, 4) is 5.88 Å². The maximum atomic E-state index is 12.3. The Kier molecular flexibility index (Phi) is 5.72. The second-order valence-electron chi connectivity index (χ2n) is 5.50. The van der Waals surface area contributed by atoms with Gasteiger partial charge in [0.05, 0.1) is 7.11 Å². The van der Waals surface area contributed by atoms with E-state index in [1.807, 2.05) is 0 Å². The third-order valence-electron chi connectivity index (χ3n) is 3.62. The molecule has 0 unspecified atom stereocenters. The average molecular weight is 403 g/mol. The predicted molar refractivity (Wildman–Crippen MR) is 104 cm³/mol. The predicted octanol–water partition coefficient (Wildman–Crippen LogP) is 2.88. The number of ether oxygens (including phenoxy) is 1. The number of methoxy groups -OCH3 is 1. The molecule has 7 nitrogen and oxygen atoms in total. The second kappa shape index (κ2) is 8.19. The number of nitrogens with one attached hydrogen (secondary N) is 2. The molecule has 0 spiro atoms. The van der Waals surface area contributed by atoms with E-state index in [1.165, 1.54) is 13.2 Å². The van der Waals surface area contributed by atoms with Gasteiger partial charge in [0, 0.05) is 30.1 Å². The topological polar surface area (TPSA) is 97.4 Å². The molecule has 0 saturated carbocycles. The van der Waals surface area contributed by atoms with Crippen LogP contribution in [0.4, 0.5) is 5.69 Å². The van der Waals surface area contributed by atoms with Gasteiger partial charge in [0.2, 0.25) is 5.88 Å². The lowest BCUT2D eigenvalue weighted by Crippen LogP contribution is -2.22. The molecule has 0 aliphatic carbocycles. The van der Waals surface area contributed by atoms with Crippen molar-refractivity contribution in [1.29, 1.82) is 0 Å². The van der Waals surface area contributed by atoms with E-state index in [0.29, 0.717) is 23.7 Å². The van der Waals surface area contributed by atoms with E-state index in [0.717, 1.165) is 16.9 Å². The molecule has 0 atom stereocenters. The number of anilines is 1. The maximum absolute atomic E-state index is 12.3. The molecule has 0 saturated heterocycles. The van der Waals surface area contributed by atoms with Crippen molar-refractivity contribution in [1.82, 2.24) is 10.3 Å². The fraction of sp³-hybridized carbons (Fsp3) is 0.111. The molecule has 2 aromatic heterocycles. The Labute approximate surface area is 161 Å². The van der Waals surface area contributed by atoms with Gasteiger partial charge in [0.15, 0.2) is 0 Å². The van der Waals surface area contributed by atoms with Crippen molar-refractivity contribution in [2.45, 2.75) is 10.8 Å². The van der Waals surface area contributed by atoms with Crippen molar-refractivity contribution in [3.63, 3.8) is 0 Å². The van der Waals surface area contributed by atoms with Crippen LogP contribution in [0.1, 0.15) is 15.9 Å². The van der Waals surface area contributed by atoms with Gasteiger partial charge in [-0.3, -0.25) is 9.52 Å². The summed E-state index contributed by atoms with van der Waals surface area (Å²) in [5, 5.41) is 4.49. The van der Waals surface area contributed by atoms with Crippen molar-refractivity contribution in [2.75, 3.05) is 11.8 Å². The Balaban J connectivity index is 1.62. The lowest BCUT2D eigenvalue weighted by molar-refractivity contribution is 0.0951. The van der Waals surface area contributed by atoms with E-state index in [2.05, 4.69) is 15.0 Å². The quantitative estimate of drug-likeness (QED) is 0.632. The zero-order valence-corrected chi connectivity index (χ0v) is 16.0. The standard InChI is InChI=1S/C18H17N3O4S2/c1-25-16-11-13(8-9-19-16)12-20-18(22)14-4-6-15(7-5-14)21-27(23,24)17-3-2-10-26-17/h2-11,21H,12H2,1H3,(H,20,22). The maximum Gasteiger partial charge on any atom is 0.271 e. The van der Waals surface area contributed by atoms with Gasteiger partial charge in [-0.1, -0.05) is 6.07 Å². The molecule has 3 rings (SSSR count). The zero-order chi connectivity index (χ0) is 19.3. The minimum Gasteiger partial charge on any atom is -0.481 e. The molecule has 9 heteroatoms. The Morgan fingerprint density at radius 1 is 1.19 bits per heavy atom. The molecule has 0 aliphatic heterocycles. The molecule has 27 heavy (non-hydrogen) atoms. The number of rotatable bonds is 7. The van der Waals surface area contributed by atoms with E-state index < -0.39 is 10.0 Å². The number of sulfonamides is 1. The number of carbonyl (C=O) groups excluding carboxylic acids is 1. The first kappa shape index (κ1) is 18.9. The smallest absolute Gasteiger partial charge is 0.271 e. The van der Waals surface area contributed by atoms with Crippen LogP contribution >= 0.6 is 11.3 Å². The zero-order valence-electron chi connectivity index (χ0n) is 14.4. The van der Waals surface area contributed by atoms with E-state index in [4.69, 9.17) is 4.74 Å². The summed E-state index contributed by atoms with van der Waals surface area (Å²) in [5.41, 5.74) is 1.67. The Bertz CT molecular complexity index is 1020. The van der Waals surface area contributed by atoms with E-state index >= 15 is 0 Å². The minimum atomic E-state index is -3.61. The molecule has 2 N–H and O–H groups in total. The Morgan fingerprint density at radius 3 is 2.63 bits per heavy atom. The summed E-state index contributed by atoms with van der Waals surface area (Å²) >= 11 is 1.14. The lowest BCUT2D eigenvalue weighted by Gasteiger charge is -2.09. The summed E-state index contributed by atoms with van der Waals surface area (Å²) in [6, 6.07) is 13.0. The number of pyridine rings is 1. The molecule has 0 bridgehead atoms. The molecule has 0 radical (unpaired) electrons. The highest BCUT2D eigenvalue weighted by Gasteiger charge is 2.15. The van der Waals surface area contributed by atoms with Crippen LogP contribution in [0.5, 0.6) is 5.88 Å². The van der Waals surface area contributed by atoms with Crippen LogP contribution in [0.3, 0.4) is 0 Å². The van der Waals surface area contributed by atoms with Crippen LogP contribution in [-0.4, -0.2) is 26.4 Å². The number of carbonyl (C=O) groups is 1. The van der Waals surface area contributed by atoms with Gasteiger partial charge in [-0.2, -0.15) is 0 Å². The number of benzene rings is 1. The SMILES string of the molecule is COc1cc(CNC(=O)c2ccc(NS(=O)(=O)c3cccs3)cc2)ccn1. The van der Waals surface area contributed by atoms with Crippen molar-refractivity contribution in [3.05, 3.63) is 71.2 Å². The molecule has 140 valence electrons. The second-order valence-corrected chi connectivity index (χ2v) is 8.36. The summed E-state index contributed by atoms with van der Waals surface area (Å²) in [6.45, 7) is 0.324. The van der Waals surface area contributed by atoms with Crippen LogP contribution < -0.4 is 14.8 Å². The molecular formula is C18H17N3O4S2. The Hall–Kier alpha value is -2.91. The average Bonchev–Trinajstić information content (AvgIpc) is 3.22. The highest BCUT2D eigenvalue weighted by Crippen LogP contribution is 2.20. The lowest BCUT2D eigenvalue weighted by atomic mass is 10.2. The van der Waals surface area contributed by atoms with Gasteiger partial charge >= 0.3 is 0 Å². The van der Waals surface area contributed by atoms with Crippen molar-refractivity contribution >= 4 is 33.0 Å². The van der Waals surface area contributed by atoms with Gasteiger partial charge in [-0.15, -0.1) is 11.3 Å². The summed E-state index contributed by atoms with van der Waals surface area (Å²) < 4.78 is 32.2. The summed E-state index contributed by atoms with van der Waals surface area (Å²) in [6.07, 6.45) is 1.61. The van der Waals surface area contributed by atoms with Crippen molar-refractivity contribution < 1.29 is 17.9 Å². The molecule has 0 fully saturated rings. The van der Waals surface area contributed by atoms with E-state index in [9.17, 15) is 13.2 Å². The normalized spacial score (nSPS) is 11.0. The molecule has 1 aromatic carbocycles. The van der Waals surface area contributed by atoms with E-state index in [-0.39, 0.29) is 10.1 Å². The third kappa shape index (κ3) is 4.83. The van der Waals surface area contributed by atoms with Crippen molar-refractivity contribution in [2.24, 2.45) is 0 Å². The molecule has 1 amide bonds. The Morgan fingerprint density at radius 2 is 1.96 bits per heavy atom. The summed E-state index contributed by atoms with van der Waals surface area (Å²) in [4.78, 5) is 16.3. The molecule has 2 heterocycles. The van der Waals surface area contributed by atoms with E-state index in [1.54, 1.807) is 54.0 Å². The van der Waals surface area contributed by atoms with Crippen LogP contribution in [0.15, 0.2) is 64.3 Å². The first-order chi connectivity index (χ1) is 13.0. The number of thiophene rings is 1. The fourth-order valence-electron chi connectivity index (χ4n) is 2.27. The van der Waals surface area contributed by atoms with Gasteiger partial charge in [-0.25, -0.2) is 13.4 Å². The summed E-state index contributed by atoms with van der Waals surface area (Å²) in [7, 11) is -2.08. The molecule has 3 aromatic rings. The van der Waals surface area contributed by atoms with Gasteiger partial charge in [0.25, 0.3) is 15.9 Å². The molecular weight excluding hydrogens is 386 g/mol. The first-order valence-corrected chi connectivity index (χ1v) is 10.3. The number of nitrogens with zero attached hydrogens (tertiary/aromatic N) is 1.